The molecule has 356 valence electrons. The first-order chi connectivity index (χ1) is 29.7. The molecule has 0 spiro atoms. The van der Waals surface area contributed by atoms with E-state index in [1.54, 1.807) is 6.08 Å². The van der Waals surface area contributed by atoms with Crippen molar-refractivity contribution in [3.05, 3.63) is 24.3 Å². The number of nitrogens with one attached hydrogen (secondary N) is 1. The summed E-state index contributed by atoms with van der Waals surface area (Å²) in [5, 5.41) is 23.1. The molecule has 0 aromatic carbocycles. The van der Waals surface area contributed by atoms with Gasteiger partial charge in [-0.1, -0.05) is 282 Å². The number of allylic oxidation sites excluding steroid dienone is 3. The van der Waals surface area contributed by atoms with Gasteiger partial charge in [0, 0.05) is 6.42 Å². The second kappa shape index (κ2) is 52.2. The predicted molar refractivity (Wildman–Crippen MR) is 267 cm³/mol. The Balaban J connectivity index is 3.39. The van der Waals surface area contributed by atoms with Crippen molar-refractivity contribution in [3.63, 3.8) is 0 Å². The Bertz CT molecular complexity index is 871. The third kappa shape index (κ3) is 47.9. The highest BCUT2D eigenvalue weighted by Crippen LogP contribution is 2.17. The van der Waals surface area contributed by atoms with Crippen molar-refractivity contribution < 1.29 is 15.0 Å². The van der Waals surface area contributed by atoms with Gasteiger partial charge in [0.1, 0.15) is 0 Å². The zero-order valence-electron chi connectivity index (χ0n) is 41.0. The molecule has 0 rings (SSSR count). The van der Waals surface area contributed by atoms with Crippen molar-refractivity contribution in [3.8, 4) is 0 Å². The van der Waals surface area contributed by atoms with Gasteiger partial charge in [0.25, 0.3) is 0 Å². The lowest BCUT2D eigenvalue weighted by Crippen LogP contribution is -2.45. The molecule has 0 heterocycles. The van der Waals surface area contributed by atoms with E-state index in [0.717, 1.165) is 25.7 Å². The van der Waals surface area contributed by atoms with Gasteiger partial charge in [0.15, 0.2) is 0 Å². The second-order valence-electron chi connectivity index (χ2n) is 19.0. The molecule has 2 atom stereocenters. The van der Waals surface area contributed by atoms with Gasteiger partial charge in [-0.25, -0.2) is 0 Å². The normalized spacial score (nSPS) is 12.9. The number of aliphatic hydroxyl groups excluding tert-OH is 2. The SMILES string of the molecule is CCCCCCCCCCCCC/C=C/C(O)C(CO)NC(=O)CCCCCCCCCCCCCCCCCCC/C=C\CCCCCCCCCCCCCCCC. The molecule has 0 aliphatic rings. The van der Waals surface area contributed by atoms with E-state index >= 15 is 0 Å². The molecule has 4 nitrogen and oxygen atoms in total. The molecule has 0 aromatic heterocycles. The van der Waals surface area contributed by atoms with Gasteiger partial charge >= 0.3 is 0 Å². The molecule has 0 saturated carbocycles. The standard InChI is InChI=1S/C56H109NO3/c1-3-5-7-9-11-13-15-17-18-19-20-21-22-23-24-25-26-27-28-29-30-31-32-33-34-35-36-37-38-40-42-44-46-48-50-52-56(60)57-54(53-58)55(59)51-49-47-45-43-41-39-16-14-12-10-8-6-4-2/h25-26,49,51,54-55,58-59H,3-24,27-48,50,52-53H2,1-2H3,(H,57,60)/b26-25-,51-49+. The Hall–Kier alpha value is -1.13. The van der Waals surface area contributed by atoms with Crippen LogP contribution in [0.1, 0.15) is 309 Å². The van der Waals surface area contributed by atoms with E-state index < -0.39 is 12.1 Å². The van der Waals surface area contributed by atoms with Crippen LogP contribution in [-0.4, -0.2) is 34.9 Å². The fraction of sp³-hybridized carbons (Fsp3) is 0.911. The van der Waals surface area contributed by atoms with Gasteiger partial charge in [0.2, 0.25) is 5.91 Å². The summed E-state index contributed by atoms with van der Waals surface area (Å²) in [6.45, 7) is 4.33. The maximum atomic E-state index is 12.4. The van der Waals surface area contributed by atoms with Crippen LogP contribution in [0.2, 0.25) is 0 Å². The molecule has 0 aliphatic carbocycles. The third-order valence-corrected chi connectivity index (χ3v) is 12.9. The molecule has 4 heteroatoms. The molecule has 0 bridgehead atoms. The van der Waals surface area contributed by atoms with Gasteiger partial charge < -0.3 is 15.5 Å². The highest BCUT2D eigenvalue weighted by Gasteiger charge is 2.18. The summed E-state index contributed by atoms with van der Waals surface area (Å²) in [6.07, 6.45) is 69.2. The van der Waals surface area contributed by atoms with Crippen LogP contribution in [-0.2, 0) is 4.79 Å². The summed E-state index contributed by atoms with van der Waals surface area (Å²) in [5.41, 5.74) is 0. The first-order valence-corrected chi connectivity index (χ1v) is 27.6. The van der Waals surface area contributed by atoms with E-state index in [0.29, 0.717) is 6.42 Å². The summed E-state index contributed by atoms with van der Waals surface area (Å²) >= 11 is 0. The van der Waals surface area contributed by atoms with Crippen LogP contribution >= 0.6 is 0 Å². The molecule has 0 fully saturated rings. The maximum Gasteiger partial charge on any atom is 0.220 e. The Morgan fingerprint density at radius 2 is 0.633 bits per heavy atom. The van der Waals surface area contributed by atoms with E-state index in [4.69, 9.17) is 0 Å². The number of hydrogen-bond donors (Lipinski definition) is 3. The first kappa shape index (κ1) is 58.9. The van der Waals surface area contributed by atoms with Gasteiger partial charge in [0.05, 0.1) is 18.8 Å². The first-order valence-electron chi connectivity index (χ1n) is 27.6. The molecule has 0 aromatic rings. The number of unbranched alkanes of at least 4 members (excludes halogenated alkanes) is 42. The molecule has 0 radical (unpaired) electrons. The largest absolute Gasteiger partial charge is 0.394 e. The number of amides is 1. The molecule has 60 heavy (non-hydrogen) atoms. The fourth-order valence-electron chi connectivity index (χ4n) is 8.71. The number of carbonyl (C=O) groups is 1. The van der Waals surface area contributed by atoms with E-state index in [2.05, 4.69) is 31.3 Å². The molecular weight excluding hydrogens is 735 g/mol. The van der Waals surface area contributed by atoms with Crippen LogP contribution in [0.5, 0.6) is 0 Å². The molecule has 2 unspecified atom stereocenters. The topological polar surface area (TPSA) is 69.6 Å². The molecule has 3 N–H and O–H groups in total. The molecular formula is C56H109NO3. The van der Waals surface area contributed by atoms with Crippen molar-refractivity contribution in [2.24, 2.45) is 0 Å². The monoisotopic (exact) mass is 844 g/mol. The average molecular weight is 844 g/mol. The minimum absolute atomic E-state index is 0.0597. The fourth-order valence-corrected chi connectivity index (χ4v) is 8.71. The van der Waals surface area contributed by atoms with Gasteiger partial charge in [-0.2, -0.15) is 0 Å². The van der Waals surface area contributed by atoms with Crippen LogP contribution < -0.4 is 5.32 Å². The van der Waals surface area contributed by atoms with E-state index in [9.17, 15) is 15.0 Å². The summed E-state index contributed by atoms with van der Waals surface area (Å²) in [6, 6.07) is -0.618. The maximum absolute atomic E-state index is 12.4. The predicted octanol–water partition coefficient (Wildman–Crippen LogP) is 17.9. The molecule has 0 aliphatic heterocycles. The van der Waals surface area contributed by atoms with Gasteiger partial charge in [-0.05, 0) is 44.9 Å². The Labute approximate surface area is 377 Å². The molecule has 1 amide bonds. The van der Waals surface area contributed by atoms with Crippen LogP contribution in [0.4, 0.5) is 0 Å². The number of hydrogen-bond acceptors (Lipinski definition) is 3. The smallest absolute Gasteiger partial charge is 0.220 e. The number of carbonyl (C=O) groups excluding carboxylic acids is 1. The van der Waals surface area contributed by atoms with Crippen LogP contribution in [0.3, 0.4) is 0 Å². The van der Waals surface area contributed by atoms with E-state index in [1.165, 1.54) is 263 Å². The van der Waals surface area contributed by atoms with Gasteiger partial charge in [-0.3, -0.25) is 4.79 Å². The minimum Gasteiger partial charge on any atom is -0.394 e. The minimum atomic E-state index is -0.835. The summed E-state index contributed by atoms with van der Waals surface area (Å²) < 4.78 is 0. The Morgan fingerprint density at radius 3 is 0.917 bits per heavy atom. The average Bonchev–Trinajstić information content (AvgIpc) is 3.25. The summed E-state index contributed by atoms with van der Waals surface area (Å²) in [5.74, 6) is -0.0597. The Morgan fingerprint density at radius 1 is 0.383 bits per heavy atom. The Kier molecular flexibility index (Phi) is 51.2. The highest BCUT2D eigenvalue weighted by molar-refractivity contribution is 5.76. The van der Waals surface area contributed by atoms with Crippen molar-refractivity contribution >= 4 is 5.91 Å². The molecule has 0 saturated heterocycles. The zero-order valence-corrected chi connectivity index (χ0v) is 41.0. The third-order valence-electron chi connectivity index (χ3n) is 12.9. The highest BCUT2D eigenvalue weighted by atomic mass is 16.3. The summed E-state index contributed by atoms with van der Waals surface area (Å²) in [4.78, 5) is 12.4. The van der Waals surface area contributed by atoms with Crippen LogP contribution in [0, 0.1) is 0 Å². The van der Waals surface area contributed by atoms with Crippen molar-refractivity contribution in [1.82, 2.24) is 5.32 Å². The quantitative estimate of drug-likeness (QED) is 0.0422. The van der Waals surface area contributed by atoms with Crippen molar-refractivity contribution in [1.29, 1.82) is 0 Å². The van der Waals surface area contributed by atoms with Crippen LogP contribution in [0.15, 0.2) is 24.3 Å². The van der Waals surface area contributed by atoms with Crippen molar-refractivity contribution in [2.75, 3.05) is 6.61 Å². The lowest BCUT2D eigenvalue weighted by Gasteiger charge is -2.20. The number of aliphatic hydroxyl groups is 2. The van der Waals surface area contributed by atoms with Crippen LogP contribution in [0.25, 0.3) is 0 Å². The van der Waals surface area contributed by atoms with Crippen molar-refractivity contribution in [2.45, 2.75) is 321 Å². The van der Waals surface area contributed by atoms with E-state index in [-0.39, 0.29) is 12.5 Å². The van der Waals surface area contributed by atoms with E-state index in [1.807, 2.05) is 6.08 Å². The zero-order chi connectivity index (χ0) is 43.5. The lowest BCUT2D eigenvalue weighted by atomic mass is 10.0. The van der Waals surface area contributed by atoms with Gasteiger partial charge in [-0.15, -0.1) is 0 Å². The number of rotatable bonds is 51. The summed E-state index contributed by atoms with van der Waals surface area (Å²) in [7, 11) is 0. The second-order valence-corrected chi connectivity index (χ2v) is 19.0. The lowest BCUT2D eigenvalue weighted by molar-refractivity contribution is -0.123.